The monoisotopic (exact) mass is 297 g/mol. The van der Waals surface area contributed by atoms with Gasteiger partial charge in [0.1, 0.15) is 0 Å². The molecule has 0 saturated carbocycles. The third kappa shape index (κ3) is 3.69. The molecule has 7 heteroatoms. The van der Waals surface area contributed by atoms with Crippen molar-refractivity contribution in [3.8, 4) is 0 Å². The molecule has 102 valence electrons. The van der Waals surface area contributed by atoms with E-state index < -0.39 is 10.0 Å². The third-order valence-corrected chi connectivity index (χ3v) is 4.41. The number of sulfonamides is 1. The van der Waals surface area contributed by atoms with Crippen molar-refractivity contribution in [3.05, 3.63) is 40.1 Å². The summed E-state index contributed by atoms with van der Waals surface area (Å²) in [6, 6.07) is 8.56. The zero-order valence-electron chi connectivity index (χ0n) is 10.4. The summed E-state index contributed by atoms with van der Waals surface area (Å²) in [5.74, 6) is 0. The number of aryl methyl sites for hydroxylation is 1. The third-order valence-electron chi connectivity index (χ3n) is 2.52. The van der Waals surface area contributed by atoms with E-state index in [4.69, 9.17) is 10.9 Å². The van der Waals surface area contributed by atoms with E-state index in [9.17, 15) is 8.42 Å². The molecule has 5 N–H and O–H groups in total. The number of nitrogen functional groups attached to an aromatic ring is 1. The van der Waals surface area contributed by atoms with Gasteiger partial charge in [-0.05, 0) is 37.3 Å². The van der Waals surface area contributed by atoms with Gasteiger partial charge in [-0.2, -0.15) is 0 Å². The summed E-state index contributed by atoms with van der Waals surface area (Å²) in [5.41, 5.74) is 6.66. The largest absolute Gasteiger partial charge is 0.399 e. The van der Waals surface area contributed by atoms with Crippen LogP contribution >= 0.6 is 11.3 Å². The highest BCUT2D eigenvalue weighted by Crippen LogP contribution is 2.21. The van der Waals surface area contributed by atoms with Crippen LogP contribution in [0.3, 0.4) is 0 Å². The fourth-order valence-electron chi connectivity index (χ4n) is 1.66. The molecule has 0 spiro atoms. The molecule has 0 bridgehead atoms. The molecule has 0 atom stereocenters. The molecule has 0 saturated heterocycles. The molecular formula is C12H15N3O2S2. The fraction of sp³-hybridized carbons (Fsp3) is 0.167. The minimum absolute atomic E-state index is 0.0114. The first-order valence-corrected chi connectivity index (χ1v) is 7.93. The maximum absolute atomic E-state index is 11.3. The van der Waals surface area contributed by atoms with Gasteiger partial charge in [0.25, 0.3) is 0 Å². The summed E-state index contributed by atoms with van der Waals surface area (Å²) in [6.07, 6.45) is 0. The van der Waals surface area contributed by atoms with E-state index in [1.807, 2.05) is 19.1 Å². The second kappa shape index (κ2) is 5.20. The Morgan fingerprint density at radius 3 is 2.58 bits per heavy atom. The summed E-state index contributed by atoms with van der Waals surface area (Å²) >= 11 is 1.68. The van der Waals surface area contributed by atoms with Crippen molar-refractivity contribution < 1.29 is 8.42 Å². The molecule has 1 aromatic heterocycles. The van der Waals surface area contributed by atoms with Gasteiger partial charge < -0.3 is 11.1 Å². The number of nitrogens with one attached hydrogen (secondary N) is 1. The van der Waals surface area contributed by atoms with Gasteiger partial charge in [0.2, 0.25) is 10.0 Å². The predicted octanol–water partition coefficient (Wildman–Crippen LogP) is 1.90. The molecule has 0 unspecified atom stereocenters. The van der Waals surface area contributed by atoms with Crippen LogP contribution in [-0.2, 0) is 16.6 Å². The summed E-state index contributed by atoms with van der Waals surface area (Å²) in [4.78, 5) is 2.41. The van der Waals surface area contributed by atoms with E-state index in [0.717, 1.165) is 4.88 Å². The van der Waals surface area contributed by atoms with Gasteiger partial charge in [0, 0.05) is 27.7 Å². The first-order chi connectivity index (χ1) is 8.84. The van der Waals surface area contributed by atoms with Crippen molar-refractivity contribution in [1.82, 2.24) is 0 Å². The second-order valence-corrected chi connectivity index (χ2v) is 7.14. The van der Waals surface area contributed by atoms with Crippen LogP contribution in [0.15, 0.2) is 35.2 Å². The topological polar surface area (TPSA) is 98.2 Å². The van der Waals surface area contributed by atoms with Gasteiger partial charge in [-0.3, -0.25) is 0 Å². The summed E-state index contributed by atoms with van der Waals surface area (Å²) < 4.78 is 22.6. The lowest BCUT2D eigenvalue weighted by atomic mass is 10.3. The van der Waals surface area contributed by atoms with E-state index in [-0.39, 0.29) is 4.90 Å². The fourth-order valence-corrected chi connectivity index (χ4v) is 3.08. The normalized spacial score (nSPS) is 11.5. The van der Waals surface area contributed by atoms with Crippen molar-refractivity contribution in [3.63, 3.8) is 0 Å². The number of primary sulfonamides is 1. The minimum atomic E-state index is -3.74. The molecule has 0 amide bonds. The lowest BCUT2D eigenvalue weighted by Gasteiger charge is -2.08. The first-order valence-electron chi connectivity index (χ1n) is 5.57. The van der Waals surface area contributed by atoms with Crippen LogP contribution in [0.4, 0.5) is 11.4 Å². The average molecular weight is 297 g/mol. The number of anilines is 2. The van der Waals surface area contributed by atoms with Crippen LogP contribution in [0.5, 0.6) is 0 Å². The molecule has 0 aliphatic heterocycles. The predicted molar refractivity (Wildman–Crippen MR) is 78.6 cm³/mol. The molecule has 19 heavy (non-hydrogen) atoms. The molecule has 0 radical (unpaired) electrons. The Morgan fingerprint density at radius 1 is 1.26 bits per heavy atom. The van der Waals surface area contributed by atoms with Gasteiger partial charge >= 0.3 is 0 Å². The molecule has 0 aliphatic carbocycles. The molecular weight excluding hydrogens is 282 g/mol. The van der Waals surface area contributed by atoms with E-state index in [2.05, 4.69) is 5.32 Å². The molecule has 1 heterocycles. The Bertz CT molecular complexity index is 693. The Balaban J connectivity index is 2.19. The number of nitrogens with two attached hydrogens (primary N) is 2. The molecule has 5 nitrogen and oxygen atoms in total. The lowest BCUT2D eigenvalue weighted by Crippen LogP contribution is -2.13. The highest BCUT2D eigenvalue weighted by Gasteiger charge is 2.10. The van der Waals surface area contributed by atoms with E-state index in [0.29, 0.717) is 17.9 Å². The summed E-state index contributed by atoms with van der Waals surface area (Å²) in [7, 11) is -3.74. The Kier molecular flexibility index (Phi) is 3.79. The highest BCUT2D eigenvalue weighted by molar-refractivity contribution is 7.89. The molecule has 0 aliphatic rings. The zero-order chi connectivity index (χ0) is 14.0. The van der Waals surface area contributed by atoms with Gasteiger partial charge in [0.15, 0.2) is 0 Å². The number of hydrogen-bond acceptors (Lipinski definition) is 5. The van der Waals surface area contributed by atoms with Crippen molar-refractivity contribution >= 4 is 32.7 Å². The van der Waals surface area contributed by atoms with Crippen molar-refractivity contribution in [1.29, 1.82) is 0 Å². The second-order valence-electron chi connectivity index (χ2n) is 4.20. The Hall–Kier alpha value is -1.57. The number of benzene rings is 1. The van der Waals surface area contributed by atoms with Crippen LogP contribution in [-0.4, -0.2) is 8.42 Å². The van der Waals surface area contributed by atoms with Gasteiger partial charge in [-0.25, -0.2) is 13.6 Å². The summed E-state index contributed by atoms with van der Waals surface area (Å²) in [5, 5.41) is 8.23. The summed E-state index contributed by atoms with van der Waals surface area (Å²) in [6.45, 7) is 2.65. The first kappa shape index (κ1) is 13.9. The van der Waals surface area contributed by atoms with Crippen molar-refractivity contribution in [2.45, 2.75) is 18.4 Å². The molecule has 1 aromatic carbocycles. The van der Waals surface area contributed by atoms with Crippen LogP contribution in [0.1, 0.15) is 9.75 Å². The van der Waals surface area contributed by atoms with E-state index in [1.165, 1.54) is 17.0 Å². The lowest BCUT2D eigenvalue weighted by molar-refractivity contribution is 0.598. The molecule has 0 fully saturated rings. The van der Waals surface area contributed by atoms with Crippen molar-refractivity contribution in [2.75, 3.05) is 11.1 Å². The minimum Gasteiger partial charge on any atom is -0.399 e. The zero-order valence-corrected chi connectivity index (χ0v) is 12.0. The molecule has 2 rings (SSSR count). The van der Waals surface area contributed by atoms with Gasteiger partial charge in [0.05, 0.1) is 4.90 Å². The number of thiophene rings is 1. The van der Waals surface area contributed by atoms with Gasteiger partial charge in [-0.1, -0.05) is 0 Å². The van der Waals surface area contributed by atoms with Crippen LogP contribution in [0.2, 0.25) is 0 Å². The standard InChI is InChI=1S/C12H15N3O2S2/c1-8-2-3-11(18-8)7-15-10-4-9(13)5-12(6-10)19(14,16)17/h2-6,15H,7,13H2,1H3,(H2,14,16,17). The highest BCUT2D eigenvalue weighted by atomic mass is 32.2. The Morgan fingerprint density at radius 2 is 2.00 bits per heavy atom. The Labute approximate surface area is 116 Å². The quantitative estimate of drug-likeness (QED) is 0.751. The maximum Gasteiger partial charge on any atom is 0.238 e. The van der Waals surface area contributed by atoms with Crippen LogP contribution in [0, 0.1) is 6.92 Å². The number of rotatable bonds is 4. The SMILES string of the molecule is Cc1ccc(CNc2cc(N)cc(S(N)(=O)=O)c2)s1. The maximum atomic E-state index is 11.3. The average Bonchev–Trinajstić information content (AvgIpc) is 2.71. The van der Waals surface area contributed by atoms with Crippen LogP contribution in [0.25, 0.3) is 0 Å². The van der Waals surface area contributed by atoms with Gasteiger partial charge in [-0.15, -0.1) is 11.3 Å². The van der Waals surface area contributed by atoms with E-state index >= 15 is 0 Å². The number of hydrogen-bond donors (Lipinski definition) is 3. The van der Waals surface area contributed by atoms with E-state index in [1.54, 1.807) is 17.4 Å². The smallest absolute Gasteiger partial charge is 0.238 e. The molecule has 2 aromatic rings. The van der Waals surface area contributed by atoms with Crippen molar-refractivity contribution in [2.24, 2.45) is 5.14 Å². The van der Waals surface area contributed by atoms with Crippen LogP contribution < -0.4 is 16.2 Å².